The van der Waals surface area contributed by atoms with E-state index < -0.39 is 6.03 Å². The maximum Gasteiger partial charge on any atom is 0.332 e. The van der Waals surface area contributed by atoms with Crippen molar-refractivity contribution in [2.75, 3.05) is 0 Å². The van der Waals surface area contributed by atoms with E-state index in [0.717, 1.165) is 16.5 Å². The van der Waals surface area contributed by atoms with Gasteiger partial charge in [0.2, 0.25) is 0 Å². The Balaban J connectivity index is 0.00000225. The standard InChI is InChI=1S/C18H16N8O.ClH/c1-11(22-24-18(19)27)14-6-7-16-17(21-14)26(25-23-16)10-12-4-5-15-13(9-12)3-2-8-20-15;/h2-9H,10H2,1H3,(H3,19,24,27);1H. The molecule has 28 heavy (non-hydrogen) atoms. The van der Waals surface area contributed by atoms with Crippen molar-refractivity contribution in [2.45, 2.75) is 13.5 Å². The number of halogens is 1. The Morgan fingerprint density at radius 2 is 2.04 bits per heavy atom. The molecule has 0 fully saturated rings. The topological polar surface area (TPSA) is 124 Å². The van der Waals surface area contributed by atoms with Crippen LogP contribution in [0.1, 0.15) is 18.2 Å². The van der Waals surface area contributed by atoms with Gasteiger partial charge in [-0.05, 0) is 42.8 Å². The van der Waals surface area contributed by atoms with Crippen molar-refractivity contribution < 1.29 is 4.79 Å². The maximum absolute atomic E-state index is 10.8. The molecule has 0 unspecified atom stereocenters. The Morgan fingerprint density at radius 1 is 1.21 bits per heavy atom. The number of pyridine rings is 2. The number of rotatable bonds is 4. The molecule has 2 amide bonds. The van der Waals surface area contributed by atoms with Gasteiger partial charge in [0, 0.05) is 11.6 Å². The third-order valence-corrected chi connectivity index (χ3v) is 4.06. The van der Waals surface area contributed by atoms with Gasteiger partial charge in [-0.15, -0.1) is 17.5 Å². The fourth-order valence-corrected chi connectivity index (χ4v) is 2.75. The number of nitrogens with two attached hydrogens (primary N) is 1. The van der Waals surface area contributed by atoms with Gasteiger partial charge >= 0.3 is 6.03 Å². The molecular formula is C18H17ClN8O. The van der Waals surface area contributed by atoms with Crippen LogP contribution in [0, 0.1) is 0 Å². The molecule has 4 rings (SSSR count). The van der Waals surface area contributed by atoms with Gasteiger partial charge in [0.05, 0.1) is 23.5 Å². The van der Waals surface area contributed by atoms with Crippen molar-refractivity contribution in [3.63, 3.8) is 0 Å². The number of hydrazone groups is 1. The molecule has 3 aromatic heterocycles. The summed E-state index contributed by atoms with van der Waals surface area (Å²) in [6, 6.07) is 12.8. The SMILES string of the molecule is CC(=NNC(N)=O)c1ccc2nnn(Cc3ccc4ncccc4c3)c2n1.Cl. The number of nitrogens with one attached hydrogen (secondary N) is 1. The number of aromatic nitrogens is 5. The van der Waals surface area contributed by atoms with Crippen molar-refractivity contribution in [3.8, 4) is 0 Å². The number of carbonyl (C=O) groups is 1. The fraction of sp³-hybridized carbons (Fsp3) is 0.111. The average Bonchev–Trinajstić information content (AvgIpc) is 3.08. The number of fused-ring (bicyclic) bond motifs is 2. The number of primary amides is 1. The first-order valence-electron chi connectivity index (χ1n) is 8.24. The van der Waals surface area contributed by atoms with Gasteiger partial charge in [-0.2, -0.15) is 5.10 Å². The fourth-order valence-electron chi connectivity index (χ4n) is 2.75. The lowest BCUT2D eigenvalue weighted by Crippen LogP contribution is -2.25. The predicted octanol–water partition coefficient (Wildman–Crippen LogP) is 2.24. The molecule has 1 aromatic carbocycles. The number of carbonyl (C=O) groups excluding carboxylic acids is 1. The lowest BCUT2D eigenvalue weighted by Gasteiger charge is -2.05. The van der Waals surface area contributed by atoms with E-state index >= 15 is 0 Å². The van der Waals surface area contributed by atoms with Crippen LogP contribution < -0.4 is 11.2 Å². The van der Waals surface area contributed by atoms with Gasteiger partial charge < -0.3 is 5.73 Å². The highest BCUT2D eigenvalue weighted by molar-refractivity contribution is 5.98. The zero-order valence-corrected chi connectivity index (χ0v) is 15.7. The molecule has 142 valence electrons. The van der Waals surface area contributed by atoms with Gasteiger partial charge in [0.15, 0.2) is 5.65 Å². The van der Waals surface area contributed by atoms with Gasteiger partial charge in [-0.1, -0.05) is 17.3 Å². The minimum Gasteiger partial charge on any atom is -0.350 e. The minimum absolute atomic E-state index is 0. The van der Waals surface area contributed by atoms with E-state index in [-0.39, 0.29) is 12.4 Å². The molecule has 4 aromatic rings. The second kappa shape index (κ2) is 7.97. The smallest absolute Gasteiger partial charge is 0.332 e. The van der Waals surface area contributed by atoms with Gasteiger partial charge in [0.25, 0.3) is 0 Å². The second-order valence-electron chi connectivity index (χ2n) is 5.99. The largest absolute Gasteiger partial charge is 0.350 e. The number of nitrogens with zero attached hydrogens (tertiary/aromatic N) is 6. The molecule has 0 aliphatic carbocycles. The highest BCUT2D eigenvalue weighted by Gasteiger charge is 2.10. The van der Waals surface area contributed by atoms with E-state index in [1.54, 1.807) is 23.9 Å². The zero-order chi connectivity index (χ0) is 18.8. The van der Waals surface area contributed by atoms with Crippen LogP contribution in [0.2, 0.25) is 0 Å². The van der Waals surface area contributed by atoms with E-state index in [9.17, 15) is 4.79 Å². The summed E-state index contributed by atoms with van der Waals surface area (Å²) >= 11 is 0. The van der Waals surface area contributed by atoms with Crippen molar-refractivity contribution in [1.29, 1.82) is 0 Å². The third kappa shape index (κ3) is 3.89. The molecule has 0 saturated heterocycles. The molecule has 0 atom stereocenters. The van der Waals surface area contributed by atoms with Gasteiger partial charge in [0.1, 0.15) is 5.52 Å². The molecule has 9 nitrogen and oxygen atoms in total. The first kappa shape index (κ1) is 19.2. The Bertz CT molecular complexity index is 1190. The molecular weight excluding hydrogens is 380 g/mol. The summed E-state index contributed by atoms with van der Waals surface area (Å²) in [4.78, 5) is 19.7. The van der Waals surface area contributed by atoms with Crippen molar-refractivity contribution in [1.82, 2.24) is 30.4 Å². The molecule has 3 N–H and O–H groups in total. The summed E-state index contributed by atoms with van der Waals surface area (Å²) in [7, 11) is 0. The lowest BCUT2D eigenvalue weighted by molar-refractivity contribution is 0.249. The normalized spacial score (nSPS) is 11.4. The van der Waals surface area contributed by atoms with Crippen LogP contribution in [0.4, 0.5) is 4.79 Å². The summed E-state index contributed by atoms with van der Waals surface area (Å²) < 4.78 is 1.73. The van der Waals surface area contributed by atoms with E-state index in [1.807, 2.05) is 30.3 Å². The second-order valence-corrected chi connectivity index (χ2v) is 5.99. The highest BCUT2D eigenvalue weighted by Crippen LogP contribution is 2.16. The number of urea groups is 1. The summed E-state index contributed by atoms with van der Waals surface area (Å²) in [5.41, 5.74) is 11.7. The average molecular weight is 397 g/mol. The van der Waals surface area contributed by atoms with Crippen LogP contribution in [-0.2, 0) is 6.54 Å². The van der Waals surface area contributed by atoms with Crippen LogP contribution in [0.25, 0.3) is 22.1 Å². The Morgan fingerprint density at radius 3 is 2.86 bits per heavy atom. The first-order chi connectivity index (χ1) is 13.1. The van der Waals surface area contributed by atoms with E-state index in [2.05, 4.69) is 36.9 Å². The Labute approximate surface area is 166 Å². The van der Waals surface area contributed by atoms with Crippen molar-refractivity contribution in [3.05, 3.63) is 59.9 Å². The molecule has 0 saturated carbocycles. The molecule has 0 bridgehead atoms. The zero-order valence-electron chi connectivity index (χ0n) is 14.9. The molecule has 0 aliphatic heterocycles. The quantitative estimate of drug-likeness (QED) is 0.404. The molecule has 10 heteroatoms. The number of amides is 2. The summed E-state index contributed by atoms with van der Waals surface area (Å²) in [5.74, 6) is 0. The van der Waals surface area contributed by atoms with Crippen molar-refractivity contribution in [2.24, 2.45) is 10.8 Å². The number of benzene rings is 1. The number of hydrogen-bond donors (Lipinski definition) is 2. The predicted molar refractivity (Wildman–Crippen MR) is 108 cm³/mol. The van der Waals surface area contributed by atoms with E-state index in [1.165, 1.54) is 0 Å². The van der Waals surface area contributed by atoms with Crippen LogP contribution in [0.3, 0.4) is 0 Å². The van der Waals surface area contributed by atoms with Crippen molar-refractivity contribution >= 4 is 46.2 Å². The monoisotopic (exact) mass is 396 g/mol. The molecule has 3 heterocycles. The molecule has 0 radical (unpaired) electrons. The number of hydrogen-bond acceptors (Lipinski definition) is 6. The molecule has 0 spiro atoms. The van der Waals surface area contributed by atoms with Gasteiger partial charge in [-0.25, -0.2) is 19.9 Å². The summed E-state index contributed by atoms with van der Waals surface area (Å²) in [5, 5.41) is 13.3. The van der Waals surface area contributed by atoms with Crippen LogP contribution in [0.5, 0.6) is 0 Å². The minimum atomic E-state index is -0.729. The first-order valence-corrected chi connectivity index (χ1v) is 8.24. The molecule has 0 aliphatic rings. The highest BCUT2D eigenvalue weighted by atomic mass is 35.5. The maximum atomic E-state index is 10.8. The van der Waals surface area contributed by atoms with Crippen LogP contribution in [0.15, 0.2) is 53.8 Å². The van der Waals surface area contributed by atoms with Crippen LogP contribution >= 0.6 is 12.4 Å². The van der Waals surface area contributed by atoms with Crippen LogP contribution in [-0.4, -0.2) is 36.7 Å². The Hall–Kier alpha value is -3.59. The summed E-state index contributed by atoms with van der Waals surface area (Å²) in [6.07, 6.45) is 1.77. The van der Waals surface area contributed by atoms with Gasteiger partial charge in [-0.3, -0.25) is 4.98 Å². The summed E-state index contributed by atoms with van der Waals surface area (Å²) in [6.45, 7) is 2.25. The Kier molecular flexibility index (Phi) is 5.46. The van der Waals surface area contributed by atoms with E-state index in [0.29, 0.717) is 29.1 Å². The van der Waals surface area contributed by atoms with E-state index in [4.69, 9.17) is 5.73 Å². The third-order valence-electron chi connectivity index (χ3n) is 4.06. The lowest BCUT2D eigenvalue weighted by atomic mass is 10.1.